The van der Waals surface area contributed by atoms with Crippen molar-refractivity contribution in [2.45, 2.75) is 17.7 Å². The van der Waals surface area contributed by atoms with E-state index in [4.69, 9.17) is 0 Å². The number of carbonyl (C=O) groups is 1. The fourth-order valence-electron chi connectivity index (χ4n) is 3.73. The van der Waals surface area contributed by atoms with Gasteiger partial charge in [-0.3, -0.25) is 4.72 Å². The monoisotopic (exact) mass is 422 g/mol. The highest BCUT2D eigenvalue weighted by Crippen LogP contribution is 2.31. The number of carboxylic acid groups (broad SMARTS) is 1. The molecule has 1 aliphatic rings. The number of rotatable bonds is 5. The van der Waals surface area contributed by atoms with Gasteiger partial charge < -0.3 is 10.0 Å². The number of hydrogen-bond donors (Lipinski definition) is 2. The average Bonchev–Trinajstić information content (AvgIpc) is 2.74. The van der Waals surface area contributed by atoms with E-state index in [0.717, 1.165) is 41.8 Å². The Morgan fingerprint density at radius 3 is 2.50 bits per heavy atom. The third kappa shape index (κ3) is 3.89. The molecule has 3 aromatic rings. The van der Waals surface area contributed by atoms with Gasteiger partial charge in [0, 0.05) is 19.3 Å². The summed E-state index contributed by atoms with van der Waals surface area (Å²) < 4.78 is 28.7. The lowest BCUT2D eigenvalue weighted by Crippen LogP contribution is -2.25. The molecule has 30 heavy (non-hydrogen) atoms. The fraction of sp³-hybridized carbons (Fsp3) is 0.174. The molecule has 154 valence electrons. The summed E-state index contributed by atoms with van der Waals surface area (Å²) in [7, 11) is -2.03. The van der Waals surface area contributed by atoms with E-state index in [-0.39, 0.29) is 16.1 Å². The number of carboxylic acids is 1. The van der Waals surface area contributed by atoms with Crippen molar-refractivity contribution in [1.82, 2.24) is 0 Å². The van der Waals surface area contributed by atoms with Gasteiger partial charge in [-0.1, -0.05) is 42.5 Å². The molecule has 0 saturated carbocycles. The molecule has 2 N–H and O–H groups in total. The summed E-state index contributed by atoms with van der Waals surface area (Å²) in [4.78, 5) is 13.8. The molecule has 0 aliphatic carbocycles. The predicted octanol–water partition coefficient (Wildman–Crippen LogP) is 4.24. The first kappa shape index (κ1) is 20.0. The molecule has 0 radical (unpaired) electrons. The van der Waals surface area contributed by atoms with Crippen molar-refractivity contribution < 1.29 is 18.3 Å². The molecule has 1 heterocycles. The van der Waals surface area contributed by atoms with Crippen LogP contribution in [0.3, 0.4) is 0 Å². The van der Waals surface area contributed by atoms with Gasteiger partial charge in [0.05, 0.1) is 16.1 Å². The van der Waals surface area contributed by atoms with Gasteiger partial charge in [0.2, 0.25) is 0 Å². The second-order valence-corrected chi connectivity index (χ2v) is 9.04. The number of nitrogens with one attached hydrogen (secondary N) is 1. The van der Waals surface area contributed by atoms with Gasteiger partial charge in [0.25, 0.3) is 10.0 Å². The molecule has 0 amide bonds. The van der Waals surface area contributed by atoms with Crippen LogP contribution in [-0.2, 0) is 16.4 Å². The zero-order chi connectivity index (χ0) is 21.3. The second kappa shape index (κ2) is 7.84. The van der Waals surface area contributed by atoms with Crippen LogP contribution in [0, 0.1) is 0 Å². The largest absolute Gasteiger partial charge is 0.478 e. The maximum atomic E-state index is 13.1. The lowest BCUT2D eigenvalue weighted by Gasteiger charge is -2.28. The first-order valence-electron chi connectivity index (χ1n) is 9.65. The van der Waals surface area contributed by atoms with Crippen LogP contribution in [-0.4, -0.2) is 33.1 Å². The van der Waals surface area contributed by atoms with Crippen LogP contribution >= 0.6 is 0 Å². The first-order chi connectivity index (χ1) is 14.3. The van der Waals surface area contributed by atoms with E-state index in [1.165, 1.54) is 6.07 Å². The summed E-state index contributed by atoms with van der Waals surface area (Å²) in [6.07, 6.45) is 1.94. The fourth-order valence-corrected chi connectivity index (χ4v) is 4.82. The molecule has 0 saturated heterocycles. The standard InChI is InChI=1S/C23H22N2O4S/c1-25-13-5-8-17-9-11-19(15-22(17)25)30(28,29)24-21-14-18(10-12-20(21)23(26)27)16-6-3-2-4-7-16/h2-4,6-7,9-12,14-15,24H,5,8,13H2,1H3,(H,26,27). The summed E-state index contributed by atoms with van der Waals surface area (Å²) in [5, 5.41) is 9.55. The van der Waals surface area contributed by atoms with Crippen LogP contribution in [0.1, 0.15) is 22.3 Å². The summed E-state index contributed by atoms with van der Waals surface area (Å²) in [6, 6.07) is 19.1. The molecular formula is C23H22N2O4S. The Morgan fingerprint density at radius 1 is 1.00 bits per heavy atom. The molecule has 0 atom stereocenters. The van der Waals surface area contributed by atoms with Gasteiger partial charge in [-0.05, 0) is 53.8 Å². The maximum Gasteiger partial charge on any atom is 0.337 e. The SMILES string of the molecule is CN1CCCc2ccc(S(=O)(=O)Nc3cc(-c4ccccc4)ccc3C(=O)O)cc21. The number of nitrogens with zero attached hydrogens (tertiary/aromatic N) is 1. The molecule has 0 fully saturated rings. The molecule has 0 aromatic heterocycles. The van der Waals surface area contributed by atoms with E-state index in [0.29, 0.717) is 0 Å². The van der Waals surface area contributed by atoms with Crippen LogP contribution in [0.2, 0.25) is 0 Å². The Hall–Kier alpha value is -3.32. The lowest BCUT2D eigenvalue weighted by atomic mass is 10.0. The second-order valence-electron chi connectivity index (χ2n) is 7.35. The Bertz CT molecular complexity index is 1210. The highest BCUT2D eigenvalue weighted by atomic mass is 32.2. The topological polar surface area (TPSA) is 86.7 Å². The van der Waals surface area contributed by atoms with E-state index in [1.807, 2.05) is 48.3 Å². The third-order valence-electron chi connectivity index (χ3n) is 5.32. The van der Waals surface area contributed by atoms with Crippen LogP contribution in [0.15, 0.2) is 71.6 Å². The molecule has 0 bridgehead atoms. The minimum atomic E-state index is -3.97. The molecule has 6 nitrogen and oxygen atoms in total. The summed E-state index contributed by atoms with van der Waals surface area (Å²) in [5.74, 6) is -1.20. The Kier molecular flexibility index (Phi) is 5.22. The van der Waals surface area contributed by atoms with Gasteiger partial charge in [0.1, 0.15) is 0 Å². The molecule has 1 aliphatic heterocycles. The van der Waals surface area contributed by atoms with Gasteiger partial charge in [0.15, 0.2) is 0 Å². The van der Waals surface area contributed by atoms with Crippen molar-refractivity contribution in [1.29, 1.82) is 0 Å². The zero-order valence-electron chi connectivity index (χ0n) is 16.5. The number of aryl methyl sites for hydroxylation is 1. The van der Waals surface area contributed by atoms with E-state index < -0.39 is 16.0 Å². The first-order valence-corrected chi connectivity index (χ1v) is 11.1. The average molecular weight is 423 g/mol. The Balaban J connectivity index is 1.74. The predicted molar refractivity (Wildman–Crippen MR) is 118 cm³/mol. The molecular weight excluding hydrogens is 400 g/mol. The van der Waals surface area contributed by atoms with E-state index >= 15 is 0 Å². The number of aromatic carboxylic acids is 1. The smallest absolute Gasteiger partial charge is 0.337 e. The lowest BCUT2D eigenvalue weighted by molar-refractivity contribution is 0.0698. The minimum absolute atomic E-state index is 0.0370. The van der Waals surface area contributed by atoms with Gasteiger partial charge >= 0.3 is 5.97 Å². The molecule has 7 heteroatoms. The zero-order valence-corrected chi connectivity index (χ0v) is 17.3. The highest BCUT2D eigenvalue weighted by molar-refractivity contribution is 7.92. The van der Waals surface area contributed by atoms with Gasteiger partial charge in [-0.2, -0.15) is 0 Å². The van der Waals surface area contributed by atoms with Crippen molar-refractivity contribution in [2.24, 2.45) is 0 Å². The van der Waals surface area contributed by atoms with E-state index in [2.05, 4.69) is 4.72 Å². The maximum absolute atomic E-state index is 13.1. The quantitative estimate of drug-likeness (QED) is 0.642. The van der Waals surface area contributed by atoms with E-state index in [1.54, 1.807) is 24.3 Å². The van der Waals surface area contributed by atoms with Crippen molar-refractivity contribution >= 4 is 27.4 Å². The molecule has 4 rings (SSSR count). The summed E-state index contributed by atoms with van der Waals surface area (Å²) >= 11 is 0. The van der Waals surface area contributed by atoms with Gasteiger partial charge in [-0.25, -0.2) is 13.2 Å². The molecule has 3 aromatic carbocycles. The van der Waals surface area contributed by atoms with Crippen LogP contribution in [0.5, 0.6) is 0 Å². The number of benzene rings is 3. The third-order valence-corrected chi connectivity index (χ3v) is 6.68. The number of sulfonamides is 1. The van der Waals surface area contributed by atoms with Crippen LogP contribution < -0.4 is 9.62 Å². The van der Waals surface area contributed by atoms with Crippen molar-refractivity contribution in [3.63, 3.8) is 0 Å². The van der Waals surface area contributed by atoms with E-state index in [9.17, 15) is 18.3 Å². The molecule has 0 spiro atoms. The molecule has 0 unspecified atom stereocenters. The van der Waals surface area contributed by atoms with Gasteiger partial charge in [-0.15, -0.1) is 0 Å². The van der Waals surface area contributed by atoms with Crippen molar-refractivity contribution in [2.75, 3.05) is 23.2 Å². The highest BCUT2D eigenvalue weighted by Gasteiger charge is 2.22. The number of fused-ring (bicyclic) bond motifs is 1. The number of hydrogen-bond acceptors (Lipinski definition) is 4. The normalized spacial score (nSPS) is 13.6. The van der Waals surface area contributed by atoms with Crippen molar-refractivity contribution in [3.8, 4) is 11.1 Å². The van der Waals surface area contributed by atoms with Crippen LogP contribution in [0.4, 0.5) is 11.4 Å². The summed E-state index contributed by atoms with van der Waals surface area (Å²) in [6.45, 7) is 0.867. The number of anilines is 2. The van der Waals surface area contributed by atoms with Crippen molar-refractivity contribution in [3.05, 3.63) is 77.9 Å². The van der Waals surface area contributed by atoms with Crippen LogP contribution in [0.25, 0.3) is 11.1 Å². The Labute approximate surface area is 175 Å². The Morgan fingerprint density at radius 2 is 1.77 bits per heavy atom. The summed E-state index contributed by atoms with van der Waals surface area (Å²) in [5.41, 5.74) is 3.53. The minimum Gasteiger partial charge on any atom is -0.478 e.